The molecule has 1 fully saturated rings. The highest BCUT2D eigenvalue weighted by atomic mass is 35.5. The maximum Gasteiger partial charge on any atom is 0.338 e. The lowest BCUT2D eigenvalue weighted by molar-refractivity contribution is -0.139. The highest BCUT2D eigenvalue weighted by molar-refractivity contribution is 6.31. The van der Waals surface area contributed by atoms with E-state index in [-0.39, 0.29) is 24.6 Å². The number of nitrogens with one attached hydrogen (secondary N) is 1. The summed E-state index contributed by atoms with van der Waals surface area (Å²) < 4.78 is 5.45. The van der Waals surface area contributed by atoms with E-state index in [9.17, 15) is 14.4 Å². The summed E-state index contributed by atoms with van der Waals surface area (Å²) in [5, 5.41) is 4.05. The molecule has 2 aromatic rings. The summed E-state index contributed by atoms with van der Waals surface area (Å²) in [6.07, 6.45) is 0. The van der Waals surface area contributed by atoms with Gasteiger partial charge >= 0.3 is 12.0 Å². The number of likely N-dealkylation sites (N-methyl/N-ethyl adjacent to an activating group) is 1. The lowest BCUT2D eigenvalue weighted by atomic mass is 9.94. The van der Waals surface area contributed by atoms with Gasteiger partial charge in [0.15, 0.2) is 0 Å². The van der Waals surface area contributed by atoms with Gasteiger partial charge in [0.25, 0.3) is 5.91 Å². The monoisotopic (exact) mass is 558 g/mol. The quantitative estimate of drug-likeness (QED) is 0.496. The van der Waals surface area contributed by atoms with E-state index in [0.29, 0.717) is 65.2 Å². The Bertz CT molecular complexity index is 1230. The van der Waals surface area contributed by atoms with E-state index in [1.807, 2.05) is 24.8 Å². The molecule has 2 aliphatic heterocycles. The van der Waals surface area contributed by atoms with Gasteiger partial charge in [-0.3, -0.25) is 14.6 Å². The molecule has 2 atom stereocenters. The molecule has 0 bridgehead atoms. The molecule has 0 aliphatic carbocycles. The Labute approximate surface area is 233 Å². The van der Waals surface area contributed by atoms with Gasteiger partial charge in [-0.05, 0) is 62.7 Å². The minimum Gasteiger partial charge on any atom is -0.463 e. The fraction of sp³-hybridized carbons (Fsp3) is 0.393. The number of esters is 1. The van der Waals surface area contributed by atoms with Crippen molar-refractivity contribution in [2.24, 2.45) is 0 Å². The van der Waals surface area contributed by atoms with Crippen molar-refractivity contribution in [1.29, 1.82) is 0 Å². The average Bonchev–Trinajstić information content (AvgIpc) is 2.89. The third-order valence-corrected chi connectivity index (χ3v) is 7.36. The van der Waals surface area contributed by atoms with E-state index >= 15 is 0 Å². The normalized spacial score (nSPS) is 20.4. The maximum absolute atomic E-state index is 13.3. The minimum absolute atomic E-state index is 0.0477. The molecule has 38 heavy (non-hydrogen) atoms. The molecule has 1 N–H and O–H groups in total. The highest BCUT2D eigenvalue weighted by Gasteiger charge is 2.39. The van der Waals surface area contributed by atoms with Crippen molar-refractivity contribution >= 4 is 41.1 Å². The number of benzene rings is 2. The number of nitrogens with zero attached hydrogens (tertiary/aromatic N) is 3. The summed E-state index contributed by atoms with van der Waals surface area (Å²) in [6.45, 7) is 8.26. The molecule has 3 amide bonds. The van der Waals surface area contributed by atoms with E-state index in [0.717, 1.165) is 0 Å². The second-order valence-corrected chi connectivity index (χ2v) is 10.2. The van der Waals surface area contributed by atoms with Crippen molar-refractivity contribution in [3.8, 4) is 0 Å². The number of carbonyl (C=O) groups is 3. The lowest BCUT2D eigenvalue weighted by Gasteiger charge is -2.43. The SMILES string of the molecule is CCOC(=O)C1=C(CN2CCN(C(=O)c3ccc(Cl)cc3)C(C)C2)N(CC)C(=O)NC1c1cccc(Cl)c1. The number of ether oxygens (including phenoxy) is 1. The maximum atomic E-state index is 13.3. The van der Waals surface area contributed by atoms with Crippen LogP contribution in [0, 0.1) is 0 Å². The molecule has 8 nitrogen and oxygen atoms in total. The molecule has 2 aliphatic rings. The average molecular weight is 559 g/mol. The number of hydrogen-bond donors (Lipinski definition) is 1. The van der Waals surface area contributed by atoms with Crippen LogP contribution in [0.1, 0.15) is 42.7 Å². The van der Waals surface area contributed by atoms with Gasteiger partial charge in [-0.15, -0.1) is 0 Å². The summed E-state index contributed by atoms with van der Waals surface area (Å²) in [6, 6.07) is 12.9. The van der Waals surface area contributed by atoms with Gasteiger partial charge in [0.1, 0.15) is 0 Å². The predicted octanol–water partition coefficient (Wildman–Crippen LogP) is 4.74. The molecular weight excluding hydrogens is 527 g/mol. The van der Waals surface area contributed by atoms with Crippen molar-refractivity contribution in [1.82, 2.24) is 20.0 Å². The number of hydrogen-bond acceptors (Lipinski definition) is 5. The summed E-state index contributed by atoms with van der Waals surface area (Å²) >= 11 is 12.2. The van der Waals surface area contributed by atoms with Gasteiger partial charge in [0.05, 0.1) is 18.2 Å². The van der Waals surface area contributed by atoms with Gasteiger partial charge in [-0.2, -0.15) is 0 Å². The fourth-order valence-electron chi connectivity index (χ4n) is 5.04. The first-order valence-corrected chi connectivity index (χ1v) is 13.5. The molecular formula is C28H32Cl2N4O4. The second-order valence-electron chi connectivity index (χ2n) is 9.35. The number of piperazine rings is 1. The largest absolute Gasteiger partial charge is 0.463 e. The Morgan fingerprint density at radius 3 is 2.42 bits per heavy atom. The zero-order valence-electron chi connectivity index (χ0n) is 21.7. The first-order valence-electron chi connectivity index (χ1n) is 12.8. The van der Waals surface area contributed by atoms with Gasteiger partial charge in [0.2, 0.25) is 0 Å². The van der Waals surface area contributed by atoms with Gasteiger partial charge in [-0.1, -0.05) is 35.3 Å². The first-order chi connectivity index (χ1) is 18.2. The van der Waals surface area contributed by atoms with E-state index in [1.165, 1.54) is 0 Å². The summed E-state index contributed by atoms with van der Waals surface area (Å²) in [4.78, 5) is 45.2. The van der Waals surface area contributed by atoms with Gasteiger partial charge in [-0.25, -0.2) is 9.59 Å². The summed E-state index contributed by atoms with van der Waals surface area (Å²) in [5.41, 5.74) is 2.29. The smallest absolute Gasteiger partial charge is 0.338 e. The Hall–Kier alpha value is -3.07. The molecule has 4 rings (SSSR count). The van der Waals surface area contributed by atoms with Crippen LogP contribution < -0.4 is 5.32 Å². The minimum atomic E-state index is -0.691. The van der Waals surface area contributed by atoms with Crippen LogP contribution in [0.5, 0.6) is 0 Å². The van der Waals surface area contributed by atoms with Crippen molar-refractivity contribution in [2.45, 2.75) is 32.9 Å². The van der Waals surface area contributed by atoms with Crippen LogP contribution in [-0.2, 0) is 9.53 Å². The van der Waals surface area contributed by atoms with E-state index in [1.54, 1.807) is 54.3 Å². The number of rotatable bonds is 7. The molecule has 202 valence electrons. The summed E-state index contributed by atoms with van der Waals surface area (Å²) in [5.74, 6) is -0.524. The van der Waals surface area contributed by atoms with Crippen LogP contribution in [0.25, 0.3) is 0 Å². The zero-order chi connectivity index (χ0) is 27.4. The van der Waals surface area contributed by atoms with Gasteiger partial charge < -0.3 is 15.0 Å². The number of amides is 3. The second kappa shape index (κ2) is 12.2. The zero-order valence-corrected chi connectivity index (χ0v) is 23.3. The van der Waals surface area contributed by atoms with Gasteiger partial charge in [0, 0.05) is 60.1 Å². The predicted molar refractivity (Wildman–Crippen MR) is 147 cm³/mol. The van der Waals surface area contributed by atoms with Crippen LogP contribution in [0.3, 0.4) is 0 Å². The fourth-order valence-corrected chi connectivity index (χ4v) is 5.37. The van der Waals surface area contributed by atoms with Crippen LogP contribution in [0.15, 0.2) is 59.8 Å². The highest BCUT2D eigenvalue weighted by Crippen LogP contribution is 2.33. The number of urea groups is 1. The van der Waals surface area contributed by atoms with Crippen LogP contribution >= 0.6 is 23.2 Å². The Morgan fingerprint density at radius 2 is 1.79 bits per heavy atom. The third kappa shape index (κ3) is 5.98. The molecule has 2 heterocycles. The van der Waals surface area contributed by atoms with Crippen LogP contribution in [-0.4, -0.2) is 78.0 Å². The van der Waals surface area contributed by atoms with Crippen LogP contribution in [0.4, 0.5) is 4.79 Å². The molecule has 0 radical (unpaired) electrons. The van der Waals surface area contributed by atoms with Crippen molar-refractivity contribution in [2.75, 3.05) is 39.3 Å². The Balaban J connectivity index is 1.62. The number of halogens is 2. The van der Waals surface area contributed by atoms with E-state index in [4.69, 9.17) is 27.9 Å². The first kappa shape index (κ1) is 28.0. The molecule has 0 aromatic heterocycles. The molecule has 0 saturated carbocycles. The molecule has 0 spiro atoms. The Kier molecular flexibility index (Phi) is 8.97. The molecule has 2 unspecified atom stereocenters. The third-order valence-electron chi connectivity index (χ3n) is 6.87. The van der Waals surface area contributed by atoms with E-state index in [2.05, 4.69) is 10.2 Å². The molecule has 10 heteroatoms. The standard InChI is InChI=1S/C28H32Cl2N4O4/c1-4-33-23(17-32-13-14-34(18(3)16-32)26(35)19-9-11-21(29)12-10-19)24(27(36)38-5-2)25(31-28(33)37)20-7-6-8-22(30)15-20/h6-12,15,18,25H,4-5,13-14,16-17H2,1-3H3,(H,31,37). The topological polar surface area (TPSA) is 82.2 Å². The van der Waals surface area contributed by atoms with Crippen molar-refractivity contribution in [3.63, 3.8) is 0 Å². The lowest BCUT2D eigenvalue weighted by Crippen LogP contribution is -2.56. The summed E-state index contributed by atoms with van der Waals surface area (Å²) in [7, 11) is 0. The van der Waals surface area contributed by atoms with Crippen molar-refractivity contribution in [3.05, 3.63) is 81.0 Å². The molecule has 2 aromatic carbocycles. The Morgan fingerprint density at radius 1 is 1.05 bits per heavy atom. The molecule has 1 saturated heterocycles. The van der Waals surface area contributed by atoms with E-state index < -0.39 is 12.0 Å². The number of carbonyl (C=O) groups excluding carboxylic acids is 3. The van der Waals surface area contributed by atoms with Crippen LogP contribution in [0.2, 0.25) is 10.0 Å². The van der Waals surface area contributed by atoms with Crippen molar-refractivity contribution < 1.29 is 19.1 Å².